The fourth-order valence-electron chi connectivity index (χ4n) is 3.96. The number of thioether (sulfide) groups is 1. The minimum Gasteiger partial charge on any atom is -0.495 e. The van der Waals surface area contributed by atoms with Gasteiger partial charge in [-0.05, 0) is 35.2 Å². The summed E-state index contributed by atoms with van der Waals surface area (Å²) in [5, 5.41) is 5.70. The Labute approximate surface area is 204 Å². The van der Waals surface area contributed by atoms with Crippen molar-refractivity contribution in [2.24, 2.45) is 0 Å². The predicted molar refractivity (Wildman–Crippen MR) is 137 cm³/mol. The molecule has 1 aliphatic heterocycles. The lowest BCUT2D eigenvalue weighted by Crippen LogP contribution is -2.49. The molecule has 3 amide bonds. The SMILES string of the molecule is CCc1ccc(CNC(=O)[C@H]2CS[C@H](c3ccccc3)N2C(=O)Nc2ccccc2OC)cc1. The normalized spacial score (nSPS) is 17.3. The first-order valence-corrected chi connectivity index (χ1v) is 12.4. The van der Waals surface area contributed by atoms with Crippen LogP contribution in [-0.2, 0) is 17.8 Å². The number of nitrogens with zero attached hydrogens (tertiary/aromatic N) is 1. The zero-order chi connectivity index (χ0) is 23.9. The van der Waals surface area contributed by atoms with Gasteiger partial charge >= 0.3 is 6.03 Å². The number of hydrogen-bond donors (Lipinski definition) is 2. The number of benzene rings is 3. The molecule has 0 bridgehead atoms. The molecule has 4 rings (SSSR count). The van der Waals surface area contributed by atoms with E-state index in [4.69, 9.17) is 4.74 Å². The van der Waals surface area contributed by atoms with Crippen LogP contribution in [0.15, 0.2) is 78.9 Å². The van der Waals surface area contributed by atoms with E-state index in [9.17, 15) is 9.59 Å². The van der Waals surface area contributed by atoms with Crippen LogP contribution in [0.5, 0.6) is 5.75 Å². The van der Waals surface area contributed by atoms with Gasteiger partial charge in [0.25, 0.3) is 0 Å². The highest BCUT2D eigenvalue weighted by molar-refractivity contribution is 7.99. The molecule has 0 spiro atoms. The van der Waals surface area contributed by atoms with Crippen LogP contribution in [0, 0.1) is 0 Å². The van der Waals surface area contributed by atoms with E-state index in [1.54, 1.807) is 35.9 Å². The molecular formula is C27H29N3O3S. The van der Waals surface area contributed by atoms with Crippen molar-refractivity contribution < 1.29 is 14.3 Å². The van der Waals surface area contributed by atoms with Gasteiger partial charge in [0, 0.05) is 12.3 Å². The van der Waals surface area contributed by atoms with E-state index in [0.29, 0.717) is 23.7 Å². The molecule has 1 heterocycles. The summed E-state index contributed by atoms with van der Waals surface area (Å²) in [7, 11) is 1.56. The summed E-state index contributed by atoms with van der Waals surface area (Å²) in [5.74, 6) is 0.913. The zero-order valence-electron chi connectivity index (χ0n) is 19.4. The molecule has 0 radical (unpaired) electrons. The van der Waals surface area contributed by atoms with Crippen molar-refractivity contribution in [3.8, 4) is 5.75 Å². The second-order valence-electron chi connectivity index (χ2n) is 8.04. The first-order valence-electron chi connectivity index (χ1n) is 11.3. The smallest absolute Gasteiger partial charge is 0.323 e. The lowest BCUT2D eigenvalue weighted by Gasteiger charge is -2.29. The van der Waals surface area contributed by atoms with Gasteiger partial charge in [0.1, 0.15) is 17.2 Å². The molecule has 7 heteroatoms. The molecule has 1 fully saturated rings. The number of nitrogens with one attached hydrogen (secondary N) is 2. The van der Waals surface area contributed by atoms with Gasteiger partial charge in [-0.15, -0.1) is 11.8 Å². The molecule has 6 nitrogen and oxygen atoms in total. The zero-order valence-corrected chi connectivity index (χ0v) is 20.2. The van der Waals surface area contributed by atoms with E-state index in [1.165, 1.54) is 5.56 Å². The maximum atomic E-state index is 13.5. The van der Waals surface area contributed by atoms with E-state index in [2.05, 4.69) is 29.7 Å². The first kappa shape index (κ1) is 23.7. The number of anilines is 1. The summed E-state index contributed by atoms with van der Waals surface area (Å²) >= 11 is 1.59. The number of hydrogen-bond acceptors (Lipinski definition) is 4. The summed E-state index contributed by atoms with van der Waals surface area (Å²) in [4.78, 5) is 28.4. The van der Waals surface area contributed by atoms with Gasteiger partial charge in [-0.3, -0.25) is 9.69 Å². The van der Waals surface area contributed by atoms with Crippen molar-refractivity contribution in [1.82, 2.24) is 10.2 Å². The number of para-hydroxylation sites is 2. The fraction of sp³-hybridized carbons (Fsp3) is 0.259. The molecule has 3 aromatic rings. The van der Waals surface area contributed by atoms with Crippen LogP contribution < -0.4 is 15.4 Å². The quantitative estimate of drug-likeness (QED) is 0.491. The number of urea groups is 1. The molecule has 34 heavy (non-hydrogen) atoms. The summed E-state index contributed by atoms with van der Waals surface area (Å²) in [6.45, 7) is 2.53. The van der Waals surface area contributed by atoms with Crippen molar-refractivity contribution in [3.05, 3.63) is 95.6 Å². The Balaban J connectivity index is 1.53. The molecular weight excluding hydrogens is 446 g/mol. The number of ether oxygens (including phenoxy) is 1. The van der Waals surface area contributed by atoms with Crippen LogP contribution in [0.2, 0.25) is 0 Å². The van der Waals surface area contributed by atoms with E-state index in [0.717, 1.165) is 17.5 Å². The van der Waals surface area contributed by atoms with Crippen LogP contribution in [0.3, 0.4) is 0 Å². The minimum atomic E-state index is -0.597. The Morgan fingerprint density at radius 2 is 1.65 bits per heavy atom. The van der Waals surface area contributed by atoms with Gasteiger partial charge in [0.05, 0.1) is 12.8 Å². The number of carbonyl (C=O) groups excluding carboxylic acids is 2. The molecule has 0 aliphatic carbocycles. The molecule has 3 aromatic carbocycles. The van der Waals surface area contributed by atoms with Crippen molar-refractivity contribution in [2.75, 3.05) is 18.2 Å². The Bertz CT molecular complexity index is 1120. The molecule has 2 N–H and O–H groups in total. The predicted octanol–water partition coefficient (Wildman–Crippen LogP) is 5.22. The monoisotopic (exact) mass is 475 g/mol. The van der Waals surface area contributed by atoms with E-state index < -0.39 is 6.04 Å². The number of carbonyl (C=O) groups is 2. The standard InChI is InChI=1S/C27H29N3O3S/c1-3-19-13-15-20(16-14-19)17-28-25(31)23-18-34-26(21-9-5-4-6-10-21)30(23)27(32)29-22-11-7-8-12-24(22)33-2/h4-16,23,26H,3,17-18H2,1-2H3,(H,28,31)(H,29,32)/t23-,26-/m1/s1. The number of aryl methyl sites for hydroxylation is 1. The highest BCUT2D eigenvalue weighted by Gasteiger charge is 2.42. The lowest BCUT2D eigenvalue weighted by molar-refractivity contribution is -0.124. The highest BCUT2D eigenvalue weighted by atomic mass is 32.2. The van der Waals surface area contributed by atoms with Gasteiger partial charge < -0.3 is 15.4 Å². The topological polar surface area (TPSA) is 70.7 Å². The fourth-order valence-corrected chi connectivity index (χ4v) is 5.39. The maximum Gasteiger partial charge on any atom is 0.323 e. The molecule has 0 unspecified atom stereocenters. The van der Waals surface area contributed by atoms with Crippen LogP contribution >= 0.6 is 11.8 Å². The second kappa shape index (κ2) is 11.1. The Hall–Kier alpha value is -3.45. The van der Waals surface area contributed by atoms with Crippen LogP contribution in [-0.4, -0.2) is 35.7 Å². The van der Waals surface area contributed by atoms with E-state index >= 15 is 0 Å². The number of rotatable bonds is 7. The van der Waals surface area contributed by atoms with Crippen molar-refractivity contribution in [3.63, 3.8) is 0 Å². The lowest BCUT2D eigenvalue weighted by atomic mass is 10.1. The van der Waals surface area contributed by atoms with Crippen molar-refractivity contribution in [1.29, 1.82) is 0 Å². The average molecular weight is 476 g/mol. The summed E-state index contributed by atoms with van der Waals surface area (Å²) in [6, 6.07) is 24.3. The van der Waals surface area contributed by atoms with Gasteiger partial charge in [-0.2, -0.15) is 0 Å². The Kier molecular flexibility index (Phi) is 7.75. The molecule has 0 saturated carbocycles. The van der Waals surface area contributed by atoms with Crippen LogP contribution in [0.4, 0.5) is 10.5 Å². The summed E-state index contributed by atoms with van der Waals surface area (Å²) < 4.78 is 5.38. The van der Waals surface area contributed by atoms with Crippen molar-refractivity contribution in [2.45, 2.75) is 31.3 Å². The highest BCUT2D eigenvalue weighted by Crippen LogP contribution is 2.42. The molecule has 0 aromatic heterocycles. The third-order valence-corrected chi connectivity index (χ3v) is 7.19. The van der Waals surface area contributed by atoms with Gasteiger partial charge in [-0.25, -0.2) is 4.79 Å². The van der Waals surface area contributed by atoms with Crippen LogP contribution in [0.25, 0.3) is 0 Å². The summed E-state index contributed by atoms with van der Waals surface area (Å²) in [5.41, 5.74) is 3.83. The number of methoxy groups -OCH3 is 1. The largest absolute Gasteiger partial charge is 0.495 e. The average Bonchev–Trinajstić information content (AvgIpc) is 3.34. The Morgan fingerprint density at radius 3 is 2.35 bits per heavy atom. The molecule has 176 valence electrons. The molecule has 1 aliphatic rings. The first-order chi connectivity index (χ1) is 16.6. The Morgan fingerprint density at radius 1 is 0.971 bits per heavy atom. The maximum absolute atomic E-state index is 13.5. The van der Waals surface area contributed by atoms with E-state index in [-0.39, 0.29) is 17.3 Å². The molecule has 1 saturated heterocycles. The summed E-state index contributed by atoms with van der Waals surface area (Å²) in [6.07, 6.45) is 0.975. The van der Waals surface area contributed by atoms with Crippen LogP contribution in [0.1, 0.15) is 29.0 Å². The third-order valence-electron chi connectivity index (χ3n) is 5.87. The molecule has 2 atom stereocenters. The third kappa shape index (κ3) is 5.37. The minimum absolute atomic E-state index is 0.166. The van der Waals surface area contributed by atoms with Gasteiger partial charge in [0.2, 0.25) is 5.91 Å². The van der Waals surface area contributed by atoms with E-state index in [1.807, 2.05) is 54.6 Å². The van der Waals surface area contributed by atoms with Gasteiger partial charge in [0.15, 0.2) is 0 Å². The number of amides is 3. The second-order valence-corrected chi connectivity index (χ2v) is 9.15. The van der Waals surface area contributed by atoms with Crippen molar-refractivity contribution >= 4 is 29.4 Å². The van der Waals surface area contributed by atoms with Gasteiger partial charge in [-0.1, -0.05) is 73.7 Å².